The summed E-state index contributed by atoms with van der Waals surface area (Å²) in [7, 11) is 0. The van der Waals surface area contributed by atoms with E-state index in [0.29, 0.717) is 19.3 Å². The Labute approximate surface area is 418 Å². The van der Waals surface area contributed by atoms with Crippen LogP contribution in [0.1, 0.15) is 349 Å². The van der Waals surface area contributed by atoms with Crippen molar-refractivity contribution in [2.75, 3.05) is 13.2 Å². The Morgan fingerprint density at radius 1 is 0.284 bits per heavy atom. The van der Waals surface area contributed by atoms with Crippen LogP contribution in [-0.4, -0.2) is 37.2 Å². The summed E-state index contributed by atoms with van der Waals surface area (Å²) >= 11 is 0. The Bertz CT molecular complexity index is 1010. The molecular weight excluding hydrogens is 829 g/mol. The number of carbonyl (C=O) groups excluding carboxylic acids is 3. The summed E-state index contributed by atoms with van der Waals surface area (Å²) in [6, 6.07) is 0. The van der Waals surface area contributed by atoms with Crippen LogP contribution >= 0.6 is 0 Å². The fraction of sp³-hybridized carbons (Fsp3) is 0.951. The smallest absolute Gasteiger partial charge is 0.306 e. The van der Waals surface area contributed by atoms with Gasteiger partial charge in [-0.05, 0) is 25.2 Å². The second-order valence-electron chi connectivity index (χ2n) is 21.5. The minimum Gasteiger partial charge on any atom is -0.462 e. The third-order valence-corrected chi connectivity index (χ3v) is 14.0. The van der Waals surface area contributed by atoms with E-state index in [9.17, 15) is 14.4 Å². The van der Waals surface area contributed by atoms with E-state index in [2.05, 4.69) is 27.7 Å². The van der Waals surface area contributed by atoms with Gasteiger partial charge in [-0.15, -0.1) is 0 Å². The molecule has 0 radical (unpaired) electrons. The van der Waals surface area contributed by atoms with Gasteiger partial charge in [0.25, 0.3) is 0 Å². The van der Waals surface area contributed by atoms with E-state index in [-0.39, 0.29) is 31.1 Å². The number of ether oxygens (including phenoxy) is 3. The van der Waals surface area contributed by atoms with Gasteiger partial charge in [-0.25, -0.2) is 0 Å². The lowest BCUT2D eigenvalue weighted by Gasteiger charge is -2.18. The van der Waals surface area contributed by atoms with Crippen LogP contribution in [0.3, 0.4) is 0 Å². The maximum Gasteiger partial charge on any atom is 0.306 e. The molecule has 0 saturated heterocycles. The number of rotatable bonds is 56. The Morgan fingerprint density at radius 3 is 0.731 bits per heavy atom. The normalized spacial score (nSPS) is 12.0. The number of hydrogen-bond donors (Lipinski definition) is 0. The van der Waals surface area contributed by atoms with Crippen LogP contribution in [0, 0.1) is 5.92 Å². The van der Waals surface area contributed by atoms with Crippen LogP contribution in [0.5, 0.6) is 0 Å². The van der Waals surface area contributed by atoms with E-state index < -0.39 is 6.10 Å². The Hall–Kier alpha value is -1.59. The van der Waals surface area contributed by atoms with Gasteiger partial charge in [0.1, 0.15) is 13.2 Å². The standard InChI is InChI=1S/C61H118O6/c1-5-7-9-11-13-15-17-19-21-23-25-27-32-36-40-44-48-52-59(62)65-55-58(56-66-60(63)53-49-45-41-37-33-30-29-31-35-39-43-47-51-57(3)4)67-61(64)54-50-46-42-38-34-28-26-24-22-20-18-16-14-12-10-8-6-2/h57-58H,5-56H2,1-4H3/t58-/m0/s1. The zero-order chi connectivity index (χ0) is 48.8. The number of unbranched alkanes of at least 4 members (excludes halogenated alkanes) is 43. The van der Waals surface area contributed by atoms with Crippen molar-refractivity contribution >= 4 is 17.9 Å². The summed E-state index contributed by atoms with van der Waals surface area (Å²) in [6.07, 6.45) is 60.9. The summed E-state index contributed by atoms with van der Waals surface area (Å²) < 4.78 is 16.9. The van der Waals surface area contributed by atoms with Gasteiger partial charge in [0, 0.05) is 19.3 Å². The first-order valence-electron chi connectivity index (χ1n) is 30.4. The molecule has 0 bridgehead atoms. The minimum atomic E-state index is -0.762. The zero-order valence-corrected chi connectivity index (χ0v) is 45.9. The van der Waals surface area contributed by atoms with Crippen LogP contribution in [0.2, 0.25) is 0 Å². The van der Waals surface area contributed by atoms with Crippen LogP contribution in [0.25, 0.3) is 0 Å². The molecule has 0 aromatic heterocycles. The predicted molar refractivity (Wildman–Crippen MR) is 289 cm³/mol. The SMILES string of the molecule is CCCCCCCCCCCCCCCCCCCC(=O)OC[C@@H](COC(=O)CCCCCCCCCCCCCCC(C)C)OC(=O)CCCCCCCCCCCCCCCCCCC. The molecular formula is C61H118O6. The molecule has 0 spiro atoms. The molecule has 0 aromatic rings. The van der Waals surface area contributed by atoms with E-state index in [1.54, 1.807) is 0 Å². The Balaban J connectivity index is 4.29. The fourth-order valence-corrected chi connectivity index (χ4v) is 9.46. The molecule has 0 N–H and O–H groups in total. The van der Waals surface area contributed by atoms with Crippen molar-refractivity contribution in [2.45, 2.75) is 355 Å². The van der Waals surface area contributed by atoms with E-state index >= 15 is 0 Å². The van der Waals surface area contributed by atoms with Crippen molar-refractivity contribution in [3.05, 3.63) is 0 Å². The first-order chi connectivity index (χ1) is 32.9. The first kappa shape index (κ1) is 65.4. The molecule has 0 aliphatic rings. The average molecular weight is 948 g/mol. The van der Waals surface area contributed by atoms with Crippen molar-refractivity contribution < 1.29 is 28.6 Å². The number of hydrogen-bond acceptors (Lipinski definition) is 6. The van der Waals surface area contributed by atoms with Gasteiger partial charge >= 0.3 is 17.9 Å². The summed E-state index contributed by atoms with van der Waals surface area (Å²) in [6.45, 7) is 9.07. The molecule has 0 amide bonds. The third kappa shape index (κ3) is 55.2. The van der Waals surface area contributed by atoms with Crippen LogP contribution in [0.15, 0.2) is 0 Å². The summed E-state index contributed by atoms with van der Waals surface area (Å²) in [4.78, 5) is 38.2. The molecule has 0 aromatic carbocycles. The summed E-state index contributed by atoms with van der Waals surface area (Å²) in [5, 5.41) is 0. The maximum absolute atomic E-state index is 12.9. The van der Waals surface area contributed by atoms with Crippen molar-refractivity contribution in [1.82, 2.24) is 0 Å². The molecule has 0 saturated carbocycles. The molecule has 0 fully saturated rings. The van der Waals surface area contributed by atoms with Crippen LogP contribution < -0.4 is 0 Å². The van der Waals surface area contributed by atoms with Gasteiger partial charge in [0.15, 0.2) is 6.10 Å². The van der Waals surface area contributed by atoms with E-state index in [1.807, 2.05) is 0 Å². The van der Waals surface area contributed by atoms with Gasteiger partial charge in [0.05, 0.1) is 0 Å². The Kier molecular flexibility index (Phi) is 54.0. The molecule has 6 nitrogen and oxygen atoms in total. The van der Waals surface area contributed by atoms with E-state index in [0.717, 1.165) is 63.7 Å². The molecule has 1 atom stereocenters. The molecule has 0 unspecified atom stereocenters. The van der Waals surface area contributed by atoms with Crippen LogP contribution in [-0.2, 0) is 28.6 Å². The van der Waals surface area contributed by atoms with Gasteiger partial charge in [-0.2, -0.15) is 0 Å². The summed E-state index contributed by atoms with van der Waals surface area (Å²) in [5.74, 6) is 0.00237. The molecule has 0 aliphatic heterocycles. The van der Waals surface area contributed by atoms with Gasteiger partial charge in [-0.3, -0.25) is 14.4 Å². The Morgan fingerprint density at radius 2 is 0.493 bits per heavy atom. The first-order valence-corrected chi connectivity index (χ1v) is 30.4. The molecule has 0 rings (SSSR count). The van der Waals surface area contributed by atoms with Crippen molar-refractivity contribution in [1.29, 1.82) is 0 Å². The van der Waals surface area contributed by atoms with E-state index in [4.69, 9.17) is 14.2 Å². The third-order valence-electron chi connectivity index (χ3n) is 14.0. The molecule has 0 aliphatic carbocycles. The molecule has 0 heterocycles. The second kappa shape index (κ2) is 55.3. The van der Waals surface area contributed by atoms with Gasteiger partial charge in [-0.1, -0.05) is 310 Å². The maximum atomic E-state index is 12.9. The monoisotopic (exact) mass is 947 g/mol. The molecule has 398 valence electrons. The highest BCUT2D eigenvalue weighted by molar-refractivity contribution is 5.71. The highest BCUT2D eigenvalue weighted by Crippen LogP contribution is 2.18. The topological polar surface area (TPSA) is 78.9 Å². The lowest BCUT2D eigenvalue weighted by molar-refractivity contribution is -0.167. The van der Waals surface area contributed by atoms with Crippen molar-refractivity contribution in [3.63, 3.8) is 0 Å². The number of carbonyl (C=O) groups is 3. The second-order valence-corrected chi connectivity index (χ2v) is 21.5. The zero-order valence-electron chi connectivity index (χ0n) is 45.9. The fourth-order valence-electron chi connectivity index (χ4n) is 9.46. The molecule has 6 heteroatoms. The lowest BCUT2D eigenvalue weighted by atomic mass is 10.0. The average Bonchev–Trinajstić information content (AvgIpc) is 3.31. The summed E-state index contributed by atoms with van der Waals surface area (Å²) in [5.41, 5.74) is 0. The van der Waals surface area contributed by atoms with Crippen LogP contribution in [0.4, 0.5) is 0 Å². The quantitative estimate of drug-likeness (QED) is 0.0343. The number of esters is 3. The van der Waals surface area contributed by atoms with E-state index in [1.165, 1.54) is 244 Å². The predicted octanol–water partition coefficient (Wildman–Crippen LogP) is 20.2. The van der Waals surface area contributed by atoms with Gasteiger partial charge in [0.2, 0.25) is 0 Å². The van der Waals surface area contributed by atoms with Crippen molar-refractivity contribution in [2.24, 2.45) is 5.92 Å². The molecule has 67 heavy (non-hydrogen) atoms. The lowest BCUT2D eigenvalue weighted by Crippen LogP contribution is -2.30. The largest absolute Gasteiger partial charge is 0.462 e. The highest BCUT2D eigenvalue weighted by Gasteiger charge is 2.19. The van der Waals surface area contributed by atoms with Crippen molar-refractivity contribution in [3.8, 4) is 0 Å². The minimum absolute atomic E-state index is 0.0615. The van der Waals surface area contributed by atoms with Gasteiger partial charge < -0.3 is 14.2 Å². The highest BCUT2D eigenvalue weighted by atomic mass is 16.6.